The number of para-hydroxylation sites is 1. The van der Waals surface area contributed by atoms with Crippen LogP contribution in [0.25, 0.3) is 5.65 Å². The second kappa shape index (κ2) is 8.77. The Morgan fingerprint density at radius 2 is 1.85 bits per heavy atom. The zero-order chi connectivity index (χ0) is 23.9. The molecule has 0 saturated carbocycles. The van der Waals surface area contributed by atoms with Gasteiger partial charge in [0.25, 0.3) is 5.56 Å². The normalized spacial score (nSPS) is 20.1. The van der Waals surface area contributed by atoms with Gasteiger partial charge < -0.3 is 15.0 Å². The third-order valence-corrected chi connectivity index (χ3v) is 6.66. The van der Waals surface area contributed by atoms with Crippen molar-refractivity contribution < 1.29 is 13.2 Å². The lowest BCUT2D eigenvalue weighted by atomic mass is 10.1. The number of morpholine rings is 1. The molecule has 33 heavy (non-hydrogen) atoms. The van der Waals surface area contributed by atoms with Gasteiger partial charge in [-0.05, 0) is 51.5 Å². The van der Waals surface area contributed by atoms with Gasteiger partial charge in [0.1, 0.15) is 16.4 Å². The minimum absolute atomic E-state index is 0.0101. The fraction of sp³-hybridized carbons (Fsp3) is 0.391. The second-order valence-corrected chi connectivity index (χ2v) is 10.2. The Morgan fingerprint density at radius 3 is 2.52 bits per heavy atom. The van der Waals surface area contributed by atoms with Crippen LogP contribution in [-0.2, 0) is 14.8 Å². The number of nitrogens with two attached hydrogens (primary N) is 1. The van der Waals surface area contributed by atoms with Gasteiger partial charge in [-0.3, -0.25) is 9.20 Å². The zero-order valence-electron chi connectivity index (χ0n) is 19.1. The Kier molecular flexibility index (Phi) is 6.17. The molecule has 3 atom stereocenters. The first-order chi connectivity index (χ1) is 15.5. The molecule has 3 N–H and O–H groups in total. The molecule has 1 aromatic carbocycles. The first kappa shape index (κ1) is 23.2. The van der Waals surface area contributed by atoms with Crippen molar-refractivity contribution in [2.45, 2.75) is 50.8 Å². The molecule has 1 aliphatic rings. The monoisotopic (exact) mass is 471 g/mol. The molecule has 0 spiro atoms. The number of benzene rings is 1. The minimum Gasteiger partial charge on any atom is -0.377 e. The third kappa shape index (κ3) is 4.87. The lowest BCUT2D eigenvalue weighted by molar-refractivity contribution is -0.00546. The number of nitrogens with zero attached hydrogens (tertiary/aromatic N) is 3. The van der Waals surface area contributed by atoms with Crippen LogP contribution < -0.4 is 20.9 Å². The molecule has 9 nitrogen and oxygen atoms in total. The minimum atomic E-state index is -3.90. The van der Waals surface area contributed by atoms with E-state index in [1.54, 1.807) is 30.5 Å². The first-order valence-corrected chi connectivity index (χ1v) is 12.4. The molecule has 1 aliphatic heterocycles. The van der Waals surface area contributed by atoms with Crippen molar-refractivity contribution in [3.63, 3.8) is 0 Å². The summed E-state index contributed by atoms with van der Waals surface area (Å²) in [6.07, 6.45) is 1.82. The van der Waals surface area contributed by atoms with E-state index in [1.807, 2.05) is 33.8 Å². The zero-order valence-corrected chi connectivity index (χ0v) is 20.0. The number of ether oxygens (including phenoxy) is 1. The number of rotatable bonds is 5. The smallest absolute Gasteiger partial charge is 0.259 e. The van der Waals surface area contributed by atoms with Crippen molar-refractivity contribution in [2.24, 2.45) is 5.14 Å². The van der Waals surface area contributed by atoms with Crippen LogP contribution in [0.1, 0.15) is 37.9 Å². The average Bonchev–Trinajstić information content (AvgIpc) is 2.72. The van der Waals surface area contributed by atoms with E-state index < -0.39 is 10.0 Å². The summed E-state index contributed by atoms with van der Waals surface area (Å²) < 4.78 is 31.4. The summed E-state index contributed by atoms with van der Waals surface area (Å²) in [6.45, 7) is 9.08. The standard InChI is InChI=1S/C23H29N5O4S/c1-14-9-18(17(4)25-19-7-5-6-8-20(19)33(24,30)31)23-26-21(10-22(29)28(23)11-14)27-12-15(2)32-16(3)13-27/h5-11,15-17,25H,12-13H2,1-4H3,(H2,24,30,31)/t15-,16+,17?. The van der Waals surface area contributed by atoms with Crippen molar-refractivity contribution in [3.8, 4) is 0 Å². The molecule has 0 radical (unpaired) electrons. The highest BCUT2D eigenvalue weighted by Crippen LogP contribution is 2.28. The molecule has 3 heterocycles. The van der Waals surface area contributed by atoms with Gasteiger partial charge in [-0.25, -0.2) is 18.5 Å². The highest BCUT2D eigenvalue weighted by molar-refractivity contribution is 7.89. The van der Waals surface area contributed by atoms with Gasteiger partial charge in [0.15, 0.2) is 0 Å². The van der Waals surface area contributed by atoms with E-state index in [4.69, 9.17) is 14.9 Å². The highest BCUT2D eigenvalue weighted by atomic mass is 32.2. The van der Waals surface area contributed by atoms with Crippen LogP contribution >= 0.6 is 0 Å². The number of hydrogen-bond acceptors (Lipinski definition) is 7. The van der Waals surface area contributed by atoms with E-state index in [2.05, 4.69) is 10.2 Å². The van der Waals surface area contributed by atoms with E-state index in [-0.39, 0.29) is 28.7 Å². The topological polar surface area (TPSA) is 119 Å². The number of pyridine rings is 1. The van der Waals surface area contributed by atoms with E-state index in [0.29, 0.717) is 30.2 Å². The number of fused-ring (bicyclic) bond motifs is 1. The first-order valence-electron chi connectivity index (χ1n) is 10.9. The molecule has 4 rings (SSSR count). The summed E-state index contributed by atoms with van der Waals surface area (Å²) in [4.78, 5) is 20.0. The summed E-state index contributed by atoms with van der Waals surface area (Å²) in [5.74, 6) is 0.601. The summed E-state index contributed by atoms with van der Waals surface area (Å²) >= 11 is 0. The number of sulfonamides is 1. The van der Waals surface area contributed by atoms with Gasteiger partial charge in [-0.2, -0.15) is 0 Å². The Balaban J connectivity index is 1.79. The van der Waals surface area contributed by atoms with E-state index in [1.165, 1.54) is 10.5 Å². The Labute approximate surface area is 193 Å². The summed E-state index contributed by atoms with van der Waals surface area (Å²) in [7, 11) is -3.90. The van der Waals surface area contributed by atoms with E-state index >= 15 is 0 Å². The van der Waals surface area contributed by atoms with Crippen LogP contribution in [0.4, 0.5) is 11.5 Å². The predicted molar refractivity (Wildman–Crippen MR) is 128 cm³/mol. The van der Waals surface area contributed by atoms with Crippen LogP contribution in [0.5, 0.6) is 0 Å². The van der Waals surface area contributed by atoms with Crippen LogP contribution in [0.15, 0.2) is 52.3 Å². The Hall–Kier alpha value is -2.95. The largest absolute Gasteiger partial charge is 0.377 e. The number of aromatic nitrogens is 2. The lowest BCUT2D eigenvalue weighted by Crippen LogP contribution is -2.46. The average molecular weight is 472 g/mol. The molecule has 10 heteroatoms. The maximum absolute atomic E-state index is 13.0. The second-order valence-electron chi connectivity index (χ2n) is 8.69. The van der Waals surface area contributed by atoms with Gasteiger partial charge in [0.05, 0.1) is 23.9 Å². The van der Waals surface area contributed by atoms with Crippen LogP contribution in [0, 0.1) is 6.92 Å². The number of anilines is 2. The summed E-state index contributed by atoms with van der Waals surface area (Å²) in [6, 6.07) is 9.63. The summed E-state index contributed by atoms with van der Waals surface area (Å²) in [5, 5.41) is 8.63. The Morgan fingerprint density at radius 1 is 1.18 bits per heavy atom. The van der Waals surface area contributed by atoms with Crippen molar-refractivity contribution in [3.05, 3.63) is 64.1 Å². The molecule has 1 fully saturated rings. The van der Waals surface area contributed by atoms with Gasteiger partial charge in [0, 0.05) is 30.9 Å². The molecule has 1 saturated heterocycles. The van der Waals surface area contributed by atoms with Crippen LogP contribution in [0.2, 0.25) is 0 Å². The molecular formula is C23H29N5O4S. The molecule has 0 bridgehead atoms. The van der Waals surface area contributed by atoms with Gasteiger partial charge >= 0.3 is 0 Å². The van der Waals surface area contributed by atoms with E-state index in [0.717, 1.165) is 11.1 Å². The van der Waals surface area contributed by atoms with Crippen LogP contribution in [0.3, 0.4) is 0 Å². The highest BCUT2D eigenvalue weighted by Gasteiger charge is 2.25. The van der Waals surface area contributed by atoms with Crippen molar-refractivity contribution in [2.75, 3.05) is 23.3 Å². The Bertz CT molecular complexity index is 1340. The lowest BCUT2D eigenvalue weighted by Gasteiger charge is -2.36. The fourth-order valence-corrected chi connectivity index (χ4v) is 5.05. The molecule has 0 amide bonds. The molecule has 0 aliphatic carbocycles. The van der Waals surface area contributed by atoms with Gasteiger partial charge in [-0.15, -0.1) is 0 Å². The molecule has 176 valence electrons. The maximum atomic E-state index is 13.0. The SMILES string of the molecule is Cc1cc(C(C)Nc2ccccc2S(N)(=O)=O)c2nc(N3C[C@@H](C)O[C@@H](C)C3)cc(=O)n2c1. The van der Waals surface area contributed by atoms with Crippen LogP contribution in [-0.4, -0.2) is 43.1 Å². The molecule has 1 unspecified atom stereocenters. The number of hydrogen-bond donors (Lipinski definition) is 2. The van der Waals surface area contributed by atoms with Gasteiger partial charge in [0.2, 0.25) is 10.0 Å². The predicted octanol–water partition coefficient (Wildman–Crippen LogP) is 2.44. The molecule has 2 aromatic heterocycles. The maximum Gasteiger partial charge on any atom is 0.259 e. The number of primary sulfonamides is 1. The fourth-order valence-electron chi connectivity index (χ4n) is 4.35. The quantitative estimate of drug-likeness (QED) is 0.587. The molecule has 3 aromatic rings. The third-order valence-electron chi connectivity index (χ3n) is 5.69. The summed E-state index contributed by atoms with van der Waals surface area (Å²) in [5.41, 5.74) is 2.39. The van der Waals surface area contributed by atoms with E-state index in [9.17, 15) is 13.2 Å². The number of nitrogens with one attached hydrogen (secondary N) is 1. The molecular weight excluding hydrogens is 442 g/mol. The van der Waals surface area contributed by atoms with Crippen molar-refractivity contribution >= 4 is 27.2 Å². The van der Waals surface area contributed by atoms with Crippen molar-refractivity contribution in [1.82, 2.24) is 9.38 Å². The van der Waals surface area contributed by atoms with Gasteiger partial charge in [-0.1, -0.05) is 12.1 Å². The van der Waals surface area contributed by atoms with Crippen molar-refractivity contribution in [1.29, 1.82) is 0 Å². The number of aryl methyl sites for hydroxylation is 1.